The summed E-state index contributed by atoms with van der Waals surface area (Å²) in [5.74, 6) is -0.525. The molecule has 0 aliphatic carbocycles. The molecule has 0 amide bonds. The van der Waals surface area contributed by atoms with Crippen LogP contribution in [0.4, 0.5) is 0 Å². The molecule has 2 rings (SSSR count). The number of ether oxygens (including phenoxy) is 1. The minimum absolute atomic E-state index is 0.230. The summed E-state index contributed by atoms with van der Waals surface area (Å²) < 4.78 is 5.77. The number of esters is 1. The van der Waals surface area contributed by atoms with Crippen molar-refractivity contribution in [3.63, 3.8) is 0 Å². The van der Waals surface area contributed by atoms with Crippen molar-refractivity contribution in [2.75, 3.05) is 7.11 Å². The molecule has 14 heavy (non-hydrogen) atoms. The lowest BCUT2D eigenvalue weighted by Gasteiger charge is -1.97. The molecule has 0 spiro atoms. The molecule has 2 aromatic heterocycles. The average Bonchev–Trinajstić information content (AvgIpc) is 2.62. The highest BCUT2D eigenvalue weighted by molar-refractivity contribution is 5.88. The van der Waals surface area contributed by atoms with Crippen LogP contribution in [-0.4, -0.2) is 27.7 Å². The third-order valence-electron chi connectivity index (χ3n) is 1.85. The Morgan fingerprint density at radius 1 is 1.57 bits per heavy atom. The van der Waals surface area contributed by atoms with Gasteiger partial charge in [0, 0.05) is 0 Å². The molecule has 0 saturated heterocycles. The van der Waals surface area contributed by atoms with Gasteiger partial charge in [0.25, 0.3) is 5.56 Å². The number of nitrogens with zero attached hydrogens (tertiary/aromatic N) is 2. The first kappa shape index (κ1) is 8.49. The van der Waals surface area contributed by atoms with E-state index in [2.05, 4.69) is 14.8 Å². The Balaban J connectivity index is 2.76. The highest BCUT2D eigenvalue weighted by atomic mass is 16.5. The predicted molar refractivity (Wildman–Crippen MR) is 47.2 cm³/mol. The molecule has 6 nitrogen and oxygen atoms in total. The number of H-pyrrole nitrogens is 1. The normalized spacial score (nSPS) is 10.4. The molecular weight excluding hydrogens is 186 g/mol. The van der Waals surface area contributed by atoms with Gasteiger partial charge in [-0.25, -0.2) is 9.31 Å². The maximum atomic E-state index is 11.2. The zero-order valence-electron chi connectivity index (χ0n) is 7.35. The zero-order chi connectivity index (χ0) is 10.1. The van der Waals surface area contributed by atoms with E-state index in [-0.39, 0.29) is 11.3 Å². The monoisotopic (exact) mass is 193 g/mol. The second-order valence-corrected chi connectivity index (χ2v) is 2.63. The number of methoxy groups -OCH3 is 1. The Hall–Kier alpha value is -2.11. The quantitative estimate of drug-likeness (QED) is 0.637. The summed E-state index contributed by atoms with van der Waals surface area (Å²) in [5, 5.41) is 3.83. The molecule has 0 radical (unpaired) electrons. The number of fused-ring (bicyclic) bond motifs is 1. The first-order valence-corrected chi connectivity index (χ1v) is 3.88. The van der Waals surface area contributed by atoms with E-state index in [1.807, 2.05) is 0 Å². The molecule has 2 aromatic rings. The summed E-state index contributed by atoms with van der Waals surface area (Å²) in [5.41, 5.74) is 0.247. The van der Waals surface area contributed by atoms with E-state index in [9.17, 15) is 9.59 Å². The van der Waals surface area contributed by atoms with Gasteiger partial charge in [-0.2, -0.15) is 5.10 Å². The second kappa shape index (κ2) is 2.99. The molecule has 0 aliphatic heterocycles. The van der Waals surface area contributed by atoms with Crippen molar-refractivity contribution in [2.24, 2.45) is 0 Å². The summed E-state index contributed by atoms with van der Waals surface area (Å²) in [4.78, 5) is 24.8. The maximum Gasteiger partial charge on any atom is 0.356 e. The first-order valence-electron chi connectivity index (χ1n) is 3.88. The van der Waals surface area contributed by atoms with Gasteiger partial charge in [0.15, 0.2) is 5.69 Å². The molecule has 0 aliphatic rings. The number of rotatable bonds is 1. The fourth-order valence-electron chi connectivity index (χ4n) is 1.20. The van der Waals surface area contributed by atoms with E-state index < -0.39 is 5.97 Å². The van der Waals surface area contributed by atoms with Gasteiger partial charge in [0.1, 0.15) is 11.8 Å². The molecule has 72 valence electrons. The Morgan fingerprint density at radius 2 is 2.36 bits per heavy atom. The van der Waals surface area contributed by atoms with E-state index in [1.54, 1.807) is 0 Å². The van der Waals surface area contributed by atoms with E-state index in [4.69, 9.17) is 0 Å². The lowest BCUT2D eigenvalue weighted by atomic mass is 10.4. The van der Waals surface area contributed by atoms with Crippen LogP contribution < -0.4 is 5.56 Å². The molecule has 0 fully saturated rings. The fourth-order valence-corrected chi connectivity index (χ4v) is 1.20. The molecule has 0 unspecified atom stereocenters. The number of hydrogen-bond donors (Lipinski definition) is 1. The third kappa shape index (κ3) is 1.08. The third-order valence-corrected chi connectivity index (χ3v) is 1.85. The number of aromatic nitrogens is 3. The molecule has 0 bridgehead atoms. The van der Waals surface area contributed by atoms with Crippen LogP contribution in [0, 0.1) is 0 Å². The summed E-state index contributed by atoms with van der Waals surface area (Å²) in [7, 11) is 1.27. The molecule has 2 heterocycles. The van der Waals surface area contributed by atoms with Crippen molar-refractivity contribution < 1.29 is 9.53 Å². The Labute approximate surface area is 78.1 Å². The van der Waals surface area contributed by atoms with Crippen LogP contribution in [0.5, 0.6) is 0 Å². The fraction of sp³-hybridized carbons (Fsp3) is 0.125. The van der Waals surface area contributed by atoms with Crippen molar-refractivity contribution in [3.05, 3.63) is 34.5 Å². The van der Waals surface area contributed by atoms with Crippen molar-refractivity contribution >= 4 is 11.5 Å². The van der Waals surface area contributed by atoms with Gasteiger partial charge in [-0.15, -0.1) is 0 Å². The van der Waals surface area contributed by atoms with Crippen LogP contribution in [0.2, 0.25) is 0 Å². The number of carbonyl (C=O) groups is 1. The van der Waals surface area contributed by atoms with Gasteiger partial charge < -0.3 is 9.72 Å². The van der Waals surface area contributed by atoms with Crippen LogP contribution in [0.3, 0.4) is 0 Å². The van der Waals surface area contributed by atoms with Crippen molar-refractivity contribution in [1.29, 1.82) is 0 Å². The summed E-state index contributed by atoms with van der Waals surface area (Å²) >= 11 is 0. The Kier molecular flexibility index (Phi) is 1.81. The lowest BCUT2D eigenvalue weighted by Crippen LogP contribution is -2.14. The van der Waals surface area contributed by atoms with Crippen LogP contribution in [-0.2, 0) is 4.74 Å². The van der Waals surface area contributed by atoms with Gasteiger partial charge in [-0.1, -0.05) is 0 Å². The van der Waals surface area contributed by atoms with Gasteiger partial charge in [0.05, 0.1) is 7.11 Å². The number of carbonyl (C=O) groups excluding carboxylic acids is 1. The first-order chi connectivity index (χ1) is 6.74. The van der Waals surface area contributed by atoms with E-state index in [0.29, 0.717) is 5.52 Å². The molecule has 0 saturated carbocycles. The highest BCUT2D eigenvalue weighted by Crippen LogP contribution is 2.04. The average molecular weight is 193 g/mol. The summed E-state index contributed by atoms with van der Waals surface area (Å²) in [6, 6.07) is 3.00. The smallest absolute Gasteiger partial charge is 0.356 e. The van der Waals surface area contributed by atoms with Gasteiger partial charge in [0.2, 0.25) is 0 Å². The van der Waals surface area contributed by atoms with E-state index >= 15 is 0 Å². The Morgan fingerprint density at radius 3 is 3.07 bits per heavy atom. The van der Waals surface area contributed by atoms with E-state index in [1.165, 1.54) is 30.1 Å². The number of nitrogens with one attached hydrogen (secondary N) is 1. The molecule has 0 atom stereocenters. The minimum Gasteiger partial charge on any atom is -0.464 e. The van der Waals surface area contributed by atoms with Gasteiger partial charge in [-0.05, 0) is 12.1 Å². The summed E-state index contributed by atoms with van der Waals surface area (Å²) in [6.07, 6.45) is 1.22. The van der Waals surface area contributed by atoms with Crippen LogP contribution in [0.15, 0.2) is 23.3 Å². The molecule has 1 N–H and O–H groups in total. The number of hydrogen-bond acceptors (Lipinski definition) is 4. The minimum atomic E-state index is -0.525. The SMILES string of the molecule is COC(=O)c1ccc2c(=O)[nH]cnn12. The standard InChI is InChI=1S/C8H7N3O3/c1-14-8(13)6-3-2-5-7(12)9-4-10-11(5)6/h2-4H,1H3,(H,9,10,12). The van der Waals surface area contributed by atoms with Gasteiger partial charge in [-0.3, -0.25) is 4.79 Å². The van der Waals surface area contributed by atoms with Crippen molar-refractivity contribution in [3.8, 4) is 0 Å². The van der Waals surface area contributed by atoms with Crippen LogP contribution in [0.1, 0.15) is 10.5 Å². The lowest BCUT2D eigenvalue weighted by molar-refractivity contribution is 0.0591. The molecular formula is C8H7N3O3. The van der Waals surface area contributed by atoms with E-state index in [0.717, 1.165) is 0 Å². The highest BCUT2D eigenvalue weighted by Gasteiger charge is 2.12. The molecule has 6 heteroatoms. The van der Waals surface area contributed by atoms with Gasteiger partial charge >= 0.3 is 5.97 Å². The largest absolute Gasteiger partial charge is 0.464 e. The van der Waals surface area contributed by atoms with Crippen LogP contribution >= 0.6 is 0 Å². The van der Waals surface area contributed by atoms with Crippen molar-refractivity contribution in [2.45, 2.75) is 0 Å². The second-order valence-electron chi connectivity index (χ2n) is 2.63. The zero-order valence-corrected chi connectivity index (χ0v) is 7.35. The maximum absolute atomic E-state index is 11.2. The number of aromatic amines is 1. The Bertz CT molecular complexity index is 540. The van der Waals surface area contributed by atoms with Crippen molar-refractivity contribution in [1.82, 2.24) is 14.6 Å². The topological polar surface area (TPSA) is 76.5 Å². The summed E-state index contributed by atoms with van der Waals surface area (Å²) in [6.45, 7) is 0. The predicted octanol–water partition coefficient (Wildman–Crippen LogP) is -0.191. The molecule has 0 aromatic carbocycles. The van der Waals surface area contributed by atoms with Crippen LogP contribution in [0.25, 0.3) is 5.52 Å².